The summed E-state index contributed by atoms with van der Waals surface area (Å²) in [6.45, 7) is -0.183. The lowest BCUT2D eigenvalue weighted by Crippen LogP contribution is -2.45. The third-order valence-electron chi connectivity index (χ3n) is 6.10. The summed E-state index contributed by atoms with van der Waals surface area (Å²) in [5.74, 6) is -1.66. The molecule has 0 saturated carbocycles. The Morgan fingerprint density at radius 1 is 1.06 bits per heavy atom. The van der Waals surface area contributed by atoms with Gasteiger partial charge >= 0.3 is 0 Å². The van der Waals surface area contributed by atoms with E-state index in [1.807, 2.05) is 40.9 Å². The van der Waals surface area contributed by atoms with Gasteiger partial charge in [0.15, 0.2) is 0 Å². The Balaban J connectivity index is 1.55. The van der Waals surface area contributed by atoms with Gasteiger partial charge in [0.1, 0.15) is 27.3 Å². The molecule has 4 aromatic rings. The molecule has 0 aliphatic carbocycles. The van der Waals surface area contributed by atoms with Crippen LogP contribution in [0.1, 0.15) is 21.6 Å². The van der Waals surface area contributed by atoms with Gasteiger partial charge in [0.05, 0.1) is 29.5 Å². The molecule has 5 nitrogen and oxygen atoms in total. The number of benzene rings is 2. The molecular weight excluding hydrogens is 396 g/mol. The standard InChI is InChI=1S/C22H18B2F2N4O/c1-29-19-6-2-4-13(15(19)10-28-29)12-8-17(25)16(18(26)9-12)11-30-21(31)14-5-3-7-27-20(14)22(30,23)24/h2-10H,11,23-24H2,1H3. The minimum Gasteiger partial charge on any atom is -0.339 e. The second-order valence-corrected chi connectivity index (χ2v) is 8.27. The summed E-state index contributed by atoms with van der Waals surface area (Å²) in [5, 5.41) is 4.28. The summed E-state index contributed by atoms with van der Waals surface area (Å²) in [4.78, 5) is 18.7. The molecule has 2 aromatic heterocycles. The van der Waals surface area contributed by atoms with Gasteiger partial charge in [0, 0.05) is 29.5 Å². The van der Waals surface area contributed by atoms with Gasteiger partial charge in [-0.2, -0.15) is 5.10 Å². The summed E-state index contributed by atoms with van der Waals surface area (Å²) in [6, 6.07) is 11.6. The van der Waals surface area contributed by atoms with Crippen LogP contribution in [0.25, 0.3) is 22.0 Å². The maximum Gasteiger partial charge on any atom is 0.255 e. The summed E-state index contributed by atoms with van der Waals surface area (Å²) >= 11 is 0. The number of fused-ring (bicyclic) bond motifs is 2. The van der Waals surface area contributed by atoms with Gasteiger partial charge in [-0.3, -0.25) is 14.5 Å². The van der Waals surface area contributed by atoms with Crippen LogP contribution >= 0.6 is 0 Å². The van der Waals surface area contributed by atoms with Crippen LogP contribution in [0, 0.1) is 11.6 Å². The van der Waals surface area contributed by atoms with Crippen molar-refractivity contribution in [2.24, 2.45) is 7.05 Å². The Labute approximate surface area is 179 Å². The molecule has 0 bridgehead atoms. The maximum atomic E-state index is 15.1. The maximum absolute atomic E-state index is 15.1. The smallest absolute Gasteiger partial charge is 0.255 e. The Morgan fingerprint density at radius 3 is 2.48 bits per heavy atom. The zero-order valence-corrected chi connectivity index (χ0v) is 17.4. The molecule has 1 amide bonds. The molecule has 3 heterocycles. The van der Waals surface area contributed by atoms with Crippen molar-refractivity contribution >= 4 is 32.5 Å². The highest BCUT2D eigenvalue weighted by Crippen LogP contribution is 2.36. The SMILES string of the molecule is BC1(B)c2ncccc2C(=O)N1Cc1c(F)cc(-c2cccc3c2cnn3C)cc1F. The molecule has 2 aromatic carbocycles. The number of aryl methyl sites for hydroxylation is 1. The van der Waals surface area contributed by atoms with Crippen molar-refractivity contribution in [1.29, 1.82) is 0 Å². The quantitative estimate of drug-likeness (QED) is 0.482. The van der Waals surface area contributed by atoms with Crippen molar-refractivity contribution in [3.05, 3.63) is 83.3 Å². The molecule has 0 spiro atoms. The number of halogens is 2. The second-order valence-electron chi connectivity index (χ2n) is 8.27. The van der Waals surface area contributed by atoms with Crippen LogP contribution in [0.15, 0.2) is 54.9 Å². The van der Waals surface area contributed by atoms with Crippen LogP contribution in [0.2, 0.25) is 0 Å². The van der Waals surface area contributed by atoms with E-state index in [-0.39, 0.29) is 18.0 Å². The highest BCUT2D eigenvalue weighted by atomic mass is 19.1. The van der Waals surface area contributed by atoms with E-state index in [0.29, 0.717) is 22.4 Å². The number of carbonyl (C=O) groups is 1. The first-order chi connectivity index (χ1) is 14.8. The molecule has 0 saturated heterocycles. The summed E-state index contributed by atoms with van der Waals surface area (Å²) in [7, 11) is 5.48. The monoisotopic (exact) mass is 414 g/mol. The number of nitrogens with zero attached hydrogens (tertiary/aromatic N) is 4. The van der Waals surface area contributed by atoms with Crippen LogP contribution in [0.4, 0.5) is 8.78 Å². The van der Waals surface area contributed by atoms with E-state index in [0.717, 1.165) is 10.9 Å². The van der Waals surface area contributed by atoms with Crippen LogP contribution in [0.5, 0.6) is 0 Å². The average Bonchev–Trinajstić information content (AvgIpc) is 3.21. The first kappa shape index (κ1) is 19.5. The van der Waals surface area contributed by atoms with E-state index in [4.69, 9.17) is 0 Å². The first-order valence-electron chi connectivity index (χ1n) is 9.95. The lowest BCUT2D eigenvalue weighted by Gasteiger charge is -2.32. The molecule has 1 aliphatic heterocycles. The fourth-order valence-corrected chi connectivity index (χ4v) is 4.36. The summed E-state index contributed by atoms with van der Waals surface area (Å²) in [6.07, 6.45) is 3.30. The summed E-state index contributed by atoms with van der Waals surface area (Å²) in [5.41, 5.74) is 2.93. The molecule has 0 unspecified atom stereocenters. The van der Waals surface area contributed by atoms with Crippen LogP contribution < -0.4 is 0 Å². The molecule has 9 heteroatoms. The van der Waals surface area contributed by atoms with Gasteiger partial charge in [-0.05, 0) is 41.5 Å². The highest BCUT2D eigenvalue weighted by Gasteiger charge is 2.44. The lowest BCUT2D eigenvalue weighted by molar-refractivity contribution is 0.0727. The molecule has 0 atom stereocenters. The van der Waals surface area contributed by atoms with Crippen molar-refractivity contribution < 1.29 is 13.6 Å². The Hall–Kier alpha value is -3.48. The third kappa shape index (κ3) is 2.87. The van der Waals surface area contributed by atoms with E-state index >= 15 is 8.78 Å². The van der Waals surface area contributed by atoms with Crippen molar-refractivity contribution in [3.8, 4) is 11.1 Å². The molecule has 152 valence electrons. The lowest BCUT2D eigenvalue weighted by atomic mass is 9.59. The third-order valence-corrected chi connectivity index (χ3v) is 6.10. The molecule has 31 heavy (non-hydrogen) atoms. The van der Waals surface area contributed by atoms with Crippen molar-refractivity contribution in [3.63, 3.8) is 0 Å². The normalized spacial score (nSPS) is 14.9. The molecule has 5 rings (SSSR count). The Kier molecular flexibility index (Phi) is 4.25. The van der Waals surface area contributed by atoms with Gasteiger partial charge in [-0.1, -0.05) is 12.1 Å². The van der Waals surface area contributed by atoms with Gasteiger partial charge in [-0.15, -0.1) is 0 Å². The fourth-order valence-electron chi connectivity index (χ4n) is 4.36. The van der Waals surface area contributed by atoms with Crippen molar-refractivity contribution in [2.45, 2.75) is 11.9 Å². The van der Waals surface area contributed by atoms with Crippen LogP contribution in [-0.4, -0.2) is 41.3 Å². The van der Waals surface area contributed by atoms with E-state index in [9.17, 15) is 4.79 Å². The number of pyridine rings is 1. The number of amides is 1. The van der Waals surface area contributed by atoms with Gasteiger partial charge in [-0.25, -0.2) is 8.78 Å². The second kappa shape index (κ2) is 6.77. The molecule has 1 aliphatic rings. The number of hydrogen-bond donors (Lipinski definition) is 0. The average molecular weight is 414 g/mol. The zero-order valence-electron chi connectivity index (χ0n) is 17.4. The number of hydrogen-bond acceptors (Lipinski definition) is 3. The number of rotatable bonds is 3. The molecule has 0 radical (unpaired) electrons. The molecule has 0 fully saturated rings. The van der Waals surface area contributed by atoms with Gasteiger partial charge in [0.25, 0.3) is 5.91 Å². The summed E-state index contributed by atoms with van der Waals surface area (Å²) < 4.78 is 32.0. The Morgan fingerprint density at radius 2 is 1.77 bits per heavy atom. The van der Waals surface area contributed by atoms with Crippen LogP contribution in [-0.2, 0) is 18.9 Å². The van der Waals surface area contributed by atoms with Crippen molar-refractivity contribution in [1.82, 2.24) is 19.7 Å². The largest absolute Gasteiger partial charge is 0.339 e. The minimum atomic E-state index is -0.771. The van der Waals surface area contributed by atoms with Gasteiger partial charge in [0.2, 0.25) is 0 Å². The first-order valence-corrected chi connectivity index (χ1v) is 9.95. The molecule has 0 N–H and O–H groups in total. The van der Waals surface area contributed by atoms with Crippen molar-refractivity contribution in [2.75, 3.05) is 0 Å². The van der Waals surface area contributed by atoms with E-state index in [1.54, 1.807) is 29.2 Å². The molecular formula is C22H18B2F2N4O. The number of aromatic nitrogens is 3. The highest BCUT2D eigenvalue weighted by molar-refractivity contribution is 6.42. The minimum absolute atomic E-state index is 0.142. The van der Waals surface area contributed by atoms with Crippen LogP contribution in [0.3, 0.4) is 0 Å². The number of carbonyl (C=O) groups excluding carboxylic acids is 1. The van der Waals surface area contributed by atoms with E-state index < -0.39 is 17.0 Å². The zero-order chi connectivity index (χ0) is 21.9. The van der Waals surface area contributed by atoms with Gasteiger partial charge < -0.3 is 4.90 Å². The van der Waals surface area contributed by atoms with E-state index in [1.165, 1.54) is 17.0 Å². The van der Waals surface area contributed by atoms with E-state index in [2.05, 4.69) is 10.1 Å². The topological polar surface area (TPSA) is 51.0 Å². The fraction of sp³-hybridized carbons (Fsp3) is 0.136. The Bertz CT molecular complexity index is 1350. The predicted octanol–water partition coefficient (Wildman–Crippen LogP) is 1.95. The predicted molar refractivity (Wildman–Crippen MR) is 119 cm³/mol.